The highest BCUT2D eigenvalue weighted by atomic mass is 16.5. The van der Waals surface area contributed by atoms with Crippen molar-refractivity contribution in [2.45, 2.75) is 45.3 Å². The van der Waals surface area contributed by atoms with Crippen molar-refractivity contribution >= 4 is 0 Å². The lowest BCUT2D eigenvalue weighted by atomic mass is 10.1. The first kappa shape index (κ1) is 12.5. The fraction of sp³-hybridized carbons (Fsp3) is 0.643. The van der Waals surface area contributed by atoms with Crippen molar-refractivity contribution < 1.29 is 4.74 Å². The van der Waals surface area contributed by atoms with E-state index in [0.717, 1.165) is 26.1 Å². The average Bonchev–Trinajstić information content (AvgIpc) is 2.40. The lowest BCUT2D eigenvalue weighted by Crippen LogP contribution is -2.31. The van der Waals surface area contributed by atoms with Crippen LogP contribution in [-0.2, 0) is 17.7 Å². The second-order valence-electron chi connectivity index (χ2n) is 4.58. The Morgan fingerprint density at radius 3 is 3.18 bits per heavy atom. The minimum absolute atomic E-state index is 0.400. The summed E-state index contributed by atoms with van der Waals surface area (Å²) in [6, 6.07) is 4.16. The molecule has 3 heteroatoms. The number of aromatic nitrogens is 1. The standard InChI is InChI=1S/C14H22N2O/c1-2-12-6-5-8-16-14(12)11-15-10-13-7-3-4-9-17-13/h5-6,8,13,15H,2-4,7,9-11H2,1H3. The van der Waals surface area contributed by atoms with E-state index in [-0.39, 0.29) is 0 Å². The van der Waals surface area contributed by atoms with Gasteiger partial charge >= 0.3 is 0 Å². The van der Waals surface area contributed by atoms with Crippen molar-refractivity contribution in [1.82, 2.24) is 10.3 Å². The highest BCUT2D eigenvalue weighted by Crippen LogP contribution is 2.12. The molecule has 1 unspecified atom stereocenters. The van der Waals surface area contributed by atoms with E-state index in [0.29, 0.717) is 6.10 Å². The van der Waals surface area contributed by atoms with Crippen LogP contribution in [0.25, 0.3) is 0 Å². The third-order valence-electron chi connectivity index (χ3n) is 3.30. The molecule has 1 aromatic rings. The van der Waals surface area contributed by atoms with Crippen LogP contribution in [0.1, 0.15) is 37.4 Å². The summed E-state index contributed by atoms with van der Waals surface area (Å²) in [5.74, 6) is 0. The van der Waals surface area contributed by atoms with Crippen LogP contribution < -0.4 is 5.32 Å². The summed E-state index contributed by atoms with van der Waals surface area (Å²) < 4.78 is 5.69. The summed E-state index contributed by atoms with van der Waals surface area (Å²) >= 11 is 0. The zero-order valence-electron chi connectivity index (χ0n) is 10.6. The monoisotopic (exact) mass is 234 g/mol. The average molecular weight is 234 g/mol. The van der Waals surface area contributed by atoms with Gasteiger partial charge in [0.1, 0.15) is 0 Å². The van der Waals surface area contributed by atoms with Crippen molar-refractivity contribution in [2.24, 2.45) is 0 Å². The van der Waals surface area contributed by atoms with Gasteiger partial charge in [0, 0.05) is 25.9 Å². The molecule has 1 atom stereocenters. The molecule has 1 aliphatic heterocycles. The van der Waals surface area contributed by atoms with Gasteiger partial charge in [0.2, 0.25) is 0 Å². The van der Waals surface area contributed by atoms with Crippen molar-refractivity contribution in [2.75, 3.05) is 13.2 Å². The van der Waals surface area contributed by atoms with Gasteiger partial charge in [-0.05, 0) is 37.3 Å². The van der Waals surface area contributed by atoms with Crippen LogP contribution in [0.15, 0.2) is 18.3 Å². The molecule has 0 spiro atoms. The summed E-state index contributed by atoms with van der Waals surface area (Å²) in [5.41, 5.74) is 2.51. The van der Waals surface area contributed by atoms with Crippen LogP contribution in [-0.4, -0.2) is 24.2 Å². The third kappa shape index (κ3) is 3.79. The predicted octanol–water partition coefficient (Wildman–Crippen LogP) is 2.30. The minimum atomic E-state index is 0.400. The van der Waals surface area contributed by atoms with Crippen molar-refractivity contribution in [3.8, 4) is 0 Å². The minimum Gasteiger partial charge on any atom is -0.377 e. The summed E-state index contributed by atoms with van der Waals surface area (Å²) in [6.45, 7) is 4.89. The summed E-state index contributed by atoms with van der Waals surface area (Å²) in [7, 11) is 0. The Hall–Kier alpha value is -0.930. The predicted molar refractivity (Wildman–Crippen MR) is 68.9 cm³/mol. The molecule has 1 aromatic heterocycles. The van der Waals surface area contributed by atoms with Gasteiger partial charge in [-0.25, -0.2) is 0 Å². The van der Waals surface area contributed by atoms with E-state index < -0.39 is 0 Å². The Balaban J connectivity index is 1.77. The number of aryl methyl sites for hydroxylation is 1. The van der Waals surface area contributed by atoms with Crippen LogP contribution in [0.2, 0.25) is 0 Å². The number of hydrogen-bond acceptors (Lipinski definition) is 3. The first-order chi connectivity index (χ1) is 8.40. The Morgan fingerprint density at radius 2 is 2.41 bits per heavy atom. The first-order valence-corrected chi connectivity index (χ1v) is 6.65. The molecule has 3 nitrogen and oxygen atoms in total. The highest BCUT2D eigenvalue weighted by molar-refractivity contribution is 5.19. The van der Waals surface area contributed by atoms with Gasteiger partial charge in [-0.3, -0.25) is 4.98 Å². The smallest absolute Gasteiger partial charge is 0.0699 e. The largest absolute Gasteiger partial charge is 0.377 e. The maximum absolute atomic E-state index is 5.69. The molecule has 0 radical (unpaired) electrons. The molecule has 1 N–H and O–H groups in total. The second-order valence-corrected chi connectivity index (χ2v) is 4.58. The summed E-state index contributed by atoms with van der Waals surface area (Å²) in [6.07, 6.45) is 7.03. The summed E-state index contributed by atoms with van der Waals surface area (Å²) in [4.78, 5) is 4.43. The molecule has 2 rings (SSSR count). The zero-order chi connectivity index (χ0) is 11.9. The van der Waals surface area contributed by atoms with E-state index >= 15 is 0 Å². The molecule has 94 valence electrons. The molecular formula is C14H22N2O. The van der Waals surface area contributed by atoms with Crippen LogP contribution in [0, 0.1) is 0 Å². The Morgan fingerprint density at radius 1 is 1.47 bits per heavy atom. The van der Waals surface area contributed by atoms with Crippen LogP contribution in [0.3, 0.4) is 0 Å². The van der Waals surface area contributed by atoms with Gasteiger partial charge in [0.05, 0.1) is 11.8 Å². The van der Waals surface area contributed by atoms with Gasteiger partial charge in [-0.1, -0.05) is 13.0 Å². The van der Waals surface area contributed by atoms with E-state index in [1.807, 2.05) is 12.3 Å². The normalized spacial score (nSPS) is 20.4. The van der Waals surface area contributed by atoms with Crippen molar-refractivity contribution in [3.63, 3.8) is 0 Å². The van der Waals surface area contributed by atoms with E-state index in [2.05, 4.69) is 23.3 Å². The maximum atomic E-state index is 5.69. The Bertz CT molecular complexity index is 335. The fourth-order valence-corrected chi connectivity index (χ4v) is 2.27. The van der Waals surface area contributed by atoms with E-state index in [1.54, 1.807) is 0 Å². The topological polar surface area (TPSA) is 34.2 Å². The number of rotatable bonds is 5. The van der Waals surface area contributed by atoms with Gasteiger partial charge in [-0.2, -0.15) is 0 Å². The maximum Gasteiger partial charge on any atom is 0.0699 e. The number of nitrogens with one attached hydrogen (secondary N) is 1. The molecule has 1 fully saturated rings. The lowest BCUT2D eigenvalue weighted by Gasteiger charge is -2.22. The molecule has 2 heterocycles. The molecular weight excluding hydrogens is 212 g/mol. The highest BCUT2D eigenvalue weighted by Gasteiger charge is 2.13. The molecule has 0 aromatic carbocycles. The number of ether oxygens (including phenoxy) is 1. The molecule has 0 aliphatic carbocycles. The SMILES string of the molecule is CCc1cccnc1CNCC1CCCCO1. The van der Waals surface area contributed by atoms with E-state index in [4.69, 9.17) is 4.74 Å². The van der Waals surface area contributed by atoms with Gasteiger partial charge in [0.15, 0.2) is 0 Å². The molecule has 1 saturated heterocycles. The number of pyridine rings is 1. The van der Waals surface area contributed by atoms with Crippen LogP contribution >= 0.6 is 0 Å². The van der Waals surface area contributed by atoms with Gasteiger partial charge in [-0.15, -0.1) is 0 Å². The van der Waals surface area contributed by atoms with Crippen molar-refractivity contribution in [3.05, 3.63) is 29.6 Å². The third-order valence-corrected chi connectivity index (χ3v) is 3.30. The van der Waals surface area contributed by atoms with Gasteiger partial charge in [0.25, 0.3) is 0 Å². The molecule has 0 amide bonds. The molecule has 1 aliphatic rings. The van der Waals surface area contributed by atoms with Gasteiger partial charge < -0.3 is 10.1 Å². The van der Waals surface area contributed by atoms with Crippen LogP contribution in [0.4, 0.5) is 0 Å². The fourth-order valence-electron chi connectivity index (χ4n) is 2.27. The van der Waals surface area contributed by atoms with E-state index in [9.17, 15) is 0 Å². The Labute approximate surface area is 104 Å². The lowest BCUT2D eigenvalue weighted by molar-refractivity contribution is 0.0167. The number of hydrogen-bond donors (Lipinski definition) is 1. The summed E-state index contributed by atoms with van der Waals surface area (Å²) in [5, 5.41) is 3.46. The molecule has 0 saturated carbocycles. The first-order valence-electron chi connectivity index (χ1n) is 6.65. The van der Waals surface area contributed by atoms with E-state index in [1.165, 1.54) is 30.5 Å². The Kier molecular flexibility index (Phi) is 4.95. The quantitative estimate of drug-likeness (QED) is 0.849. The molecule has 17 heavy (non-hydrogen) atoms. The van der Waals surface area contributed by atoms with Crippen molar-refractivity contribution in [1.29, 1.82) is 0 Å². The molecule has 0 bridgehead atoms. The second kappa shape index (κ2) is 6.72. The zero-order valence-corrected chi connectivity index (χ0v) is 10.6. The van der Waals surface area contributed by atoms with Crippen LogP contribution in [0.5, 0.6) is 0 Å². The number of nitrogens with zero attached hydrogens (tertiary/aromatic N) is 1.